The van der Waals surface area contributed by atoms with E-state index < -0.39 is 7.92 Å². The molecular formula is C48H69O15P. The molecule has 0 spiro atoms. The summed E-state index contributed by atoms with van der Waals surface area (Å²) < 4.78 is 88.7. The maximum Gasteiger partial charge on any atom is 0.0718 e. The fraction of sp³-hybridized carbons (Fsp3) is 0.625. The van der Waals surface area contributed by atoms with E-state index in [4.69, 9.17) is 71.1 Å². The van der Waals surface area contributed by atoms with Crippen LogP contribution in [0.25, 0.3) is 0 Å². The first-order valence-electron chi connectivity index (χ1n) is 22.6. The molecule has 3 heterocycles. The molecule has 0 N–H and O–H groups in total. The van der Waals surface area contributed by atoms with E-state index in [1.165, 1.54) is 0 Å². The van der Waals surface area contributed by atoms with Crippen molar-refractivity contribution < 1.29 is 71.1 Å². The molecule has 3 aromatic rings. The molecule has 356 valence electrons. The van der Waals surface area contributed by atoms with E-state index in [1.54, 1.807) is 0 Å². The Morgan fingerprint density at radius 2 is 0.328 bits per heavy atom. The van der Waals surface area contributed by atoms with Crippen molar-refractivity contribution >= 4 is 23.8 Å². The Balaban J connectivity index is 1.37. The molecule has 0 saturated heterocycles. The van der Waals surface area contributed by atoms with E-state index in [9.17, 15) is 0 Å². The van der Waals surface area contributed by atoms with Crippen molar-refractivity contribution in [2.45, 2.75) is 39.6 Å². The molecule has 0 aromatic heterocycles. The van der Waals surface area contributed by atoms with Crippen molar-refractivity contribution in [2.24, 2.45) is 0 Å². The molecule has 6 bridgehead atoms. The van der Waals surface area contributed by atoms with Crippen LogP contribution < -0.4 is 15.9 Å². The number of ether oxygens (including phenoxy) is 15. The molecule has 0 fully saturated rings. The summed E-state index contributed by atoms with van der Waals surface area (Å²) in [6, 6.07) is 20.2. The molecule has 0 amide bonds. The lowest BCUT2D eigenvalue weighted by Crippen LogP contribution is -2.24. The lowest BCUT2D eigenvalue weighted by Gasteiger charge is -2.24. The van der Waals surface area contributed by atoms with E-state index in [0.29, 0.717) is 198 Å². The lowest BCUT2D eigenvalue weighted by molar-refractivity contribution is -0.0144. The molecule has 3 aliphatic heterocycles. The number of rotatable bonds is 3. The van der Waals surface area contributed by atoms with Crippen LogP contribution in [0.3, 0.4) is 0 Å². The Hall–Kier alpha value is -2.51. The van der Waals surface area contributed by atoms with E-state index >= 15 is 0 Å². The molecule has 0 saturated carbocycles. The molecule has 6 rings (SSSR count). The van der Waals surface area contributed by atoms with Gasteiger partial charge in [0.15, 0.2) is 0 Å². The van der Waals surface area contributed by atoms with Crippen molar-refractivity contribution in [3.63, 3.8) is 0 Å². The second kappa shape index (κ2) is 32.2. The normalized spacial score (nSPS) is 21.0. The summed E-state index contributed by atoms with van der Waals surface area (Å²) >= 11 is 0. The number of hydrogen-bond donors (Lipinski definition) is 0. The highest BCUT2D eigenvalue weighted by molar-refractivity contribution is 7.79. The molecule has 3 aromatic carbocycles. The molecule has 0 atom stereocenters. The van der Waals surface area contributed by atoms with Crippen LogP contribution in [-0.4, -0.2) is 159 Å². The minimum atomic E-state index is -1.20. The summed E-state index contributed by atoms with van der Waals surface area (Å²) in [7, 11) is -1.20. The Morgan fingerprint density at radius 1 is 0.188 bits per heavy atom. The predicted molar refractivity (Wildman–Crippen MR) is 240 cm³/mol. The van der Waals surface area contributed by atoms with Gasteiger partial charge in [0.05, 0.1) is 198 Å². The fourth-order valence-electron chi connectivity index (χ4n) is 7.04. The lowest BCUT2D eigenvalue weighted by atomic mass is 10.1. The molecule has 0 radical (unpaired) electrons. The van der Waals surface area contributed by atoms with Crippen molar-refractivity contribution in [3.8, 4) is 0 Å². The smallest absolute Gasteiger partial charge is 0.0718 e. The monoisotopic (exact) mass is 916 g/mol. The van der Waals surface area contributed by atoms with Gasteiger partial charge in [-0.15, -0.1) is 0 Å². The van der Waals surface area contributed by atoms with Gasteiger partial charge >= 0.3 is 0 Å². The topological polar surface area (TPSA) is 138 Å². The maximum atomic E-state index is 6.21. The number of hydrogen-bond acceptors (Lipinski definition) is 15. The van der Waals surface area contributed by atoms with Crippen LogP contribution in [-0.2, 0) is 111 Å². The van der Waals surface area contributed by atoms with E-state index in [1.807, 2.05) is 0 Å². The van der Waals surface area contributed by atoms with Gasteiger partial charge in [-0.3, -0.25) is 0 Å². The average molecular weight is 917 g/mol. The minimum absolute atomic E-state index is 0.416. The van der Waals surface area contributed by atoms with Crippen LogP contribution in [0.2, 0.25) is 0 Å². The molecule has 0 unspecified atom stereocenters. The Kier molecular flexibility index (Phi) is 25.6. The minimum Gasteiger partial charge on any atom is -0.377 e. The Labute approximate surface area is 380 Å². The van der Waals surface area contributed by atoms with Crippen LogP contribution in [0.5, 0.6) is 0 Å². The molecule has 64 heavy (non-hydrogen) atoms. The summed E-state index contributed by atoms with van der Waals surface area (Å²) in [5, 5.41) is 3.46. The van der Waals surface area contributed by atoms with Crippen molar-refractivity contribution in [1.29, 1.82) is 0 Å². The summed E-state index contributed by atoms with van der Waals surface area (Å²) in [5.74, 6) is 0. The van der Waals surface area contributed by atoms with Gasteiger partial charge in [0.1, 0.15) is 0 Å². The second-order valence-electron chi connectivity index (χ2n) is 15.2. The highest BCUT2D eigenvalue weighted by atomic mass is 31.1. The molecule has 3 aliphatic rings. The summed E-state index contributed by atoms with van der Waals surface area (Å²) in [5.41, 5.74) is 6.29. The zero-order valence-electron chi connectivity index (χ0n) is 37.5. The molecule has 0 aliphatic carbocycles. The second-order valence-corrected chi connectivity index (χ2v) is 17.4. The third-order valence-electron chi connectivity index (χ3n) is 9.96. The Morgan fingerprint density at radius 3 is 0.484 bits per heavy atom. The number of fused-ring (bicyclic) bond motifs is 6. The molecule has 15 nitrogen and oxygen atoms in total. The Bertz CT molecular complexity index is 1400. The summed E-state index contributed by atoms with van der Waals surface area (Å²) in [4.78, 5) is 0. The molecular weight excluding hydrogens is 847 g/mol. The van der Waals surface area contributed by atoms with Crippen LogP contribution in [0, 0.1) is 0 Å². The van der Waals surface area contributed by atoms with Gasteiger partial charge < -0.3 is 71.1 Å². The van der Waals surface area contributed by atoms with Crippen LogP contribution in [0.15, 0.2) is 54.6 Å². The standard InChI is InChI=1S/C48H69O15P/c1-7-52-13-19-58-34-40-25-41(35-59-20-14-53-8-2-49-1)29-46(28-40)64(47-30-42-26-43(31-47)37-61-22-16-55-10-4-50-3-9-54-15-21-60-36-42)48-32-44-27-45(33-48)39-63-24-18-57-12-6-51-5-11-56-17-23-62-38-44/h25-33H,1-24,34-39H2. The van der Waals surface area contributed by atoms with Gasteiger partial charge in [0.25, 0.3) is 0 Å². The van der Waals surface area contributed by atoms with Crippen LogP contribution in [0.4, 0.5) is 0 Å². The van der Waals surface area contributed by atoms with Crippen molar-refractivity contribution in [2.75, 3.05) is 159 Å². The van der Waals surface area contributed by atoms with Crippen molar-refractivity contribution in [1.82, 2.24) is 0 Å². The van der Waals surface area contributed by atoms with Gasteiger partial charge in [-0.25, -0.2) is 0 Å². The highest BCUT2D eigenvalue weighted by Crippen LogP contribution is 2.36. The summed E-state index contributed by atoms with van der Waals surface area (Å²) in [6.45, 7) is 14.1. The van der Waals surface area contributed by atoms with Gasteiger partial charge in [-0.2, -0.15) is 0 Å². The maximum absolute atomic E-state index is 6.21. The van der Waals surface area contributed by atoms with Crippen LogP contribution in [0.1, 0.15) is 33.4 Å². The zero-order chi connectivity index (χ0) is 44.0. The first-order valence-corrected chi connectivity index (χ1v) is 24.0. The van der Waals surface area contributed by atoms with Gasteiger partial charge in [0, 0.05) is 0 Å². The SMILES string of the molecule is c1c2cc(P(c3cc4cc(c3)COCCOCCOCCOCCOC4)c3cc4cc(c3)COCCOCCOCCOCCOC4)cc1COCCOCCOCCOCCOC2. The molecule has 16 heteroatoms. The van der Waals surface area contributed by atoms with E-state index in [-0.39, 0.29) is 0 Å². The largest absolute Gasteiger partial charge is 0.377 e. The quantitative estimate of drug-likeness (QED) is 0.353. The fourth-order valence-corrected chi connectivity index (χ4v) is 9.70. The predicted octanol–water partition coefficient (Wildman–Crippen LogP) is 3.73. The average Bonchev–Trinajstić information content (AvgIpc) is 3.29. The number of benzene rings is 3. The highest BCUT2D eigenvalue weighted by Gasteiger charge is 2.22. The summed E-state index contributed by atoms with van der Waals surface area (Å²) in [6.07, 6.45) is 0. The first-order chi connectivity index (χ1) is 31.8. The van der Waals surface area contributed by atoms with Crippen molar-refractivity contribution in [3.05, 3.63) is 88.0 Å². The van der Waals surface area contributed by atoms with Gasteiger partial charge in [-0.1, -0.05) is 18.2 Å². The third kappa shape index (κ3) is 20.6. The van der Waals surface area contributed by atoms with Gasteiger partial charge in [-0.05, 0) is 93.6 Å². The van der Waals surface area contributed by atoms with E-state index in [0.717, 1.165) is 49.3 Å². The van der Waals surface area contributed by atoms with E-state index in [2.05, 4.69) is 54.6 Å². The third-order valence-corrected chi connectivity index (χ3v) is 12.3. The van der Waals surface area contributed by atoms with Crippen LogP contribution >= 0.6 is 7.92 Å². The first kappa shape index (κ1) is 50.9. The van der Waals surface area contributed by atoms with Gasteiger partial charge in [0.2, 0.25) is 0 Å². The zero-order valence-corrected chi connectivity index (χ0v) is 38.4.